The van der Waals surface area contributed by atoms with Crippen molar-refractivity contribution in [2.75, 3.05) is 5.32 Å². The third-order valence-electron chi connectivity index (χ3n) is 6.08. The van der Waals surface area contributed by atoms with Gasteiger partial charge in [-0.25, -0.2) is 9.78 Å². The van der Waals surface area contributed by atoms with Gasteiger partial charge in [0.1, 0.15) is 6.10 Å². The number of anilines is 1. The fraction of sp³-hybridized carbons (Fsp3) is 0.333. The van der Waals surface area contributed by atoms with Gasteiger partial charge < -0.3 is 10.1 Å². The molecule has 2 heterocycles. The molecule has 0 bridgehead atoms. The molecule has 5 nitrogen and oxygen atoms in total. The molecule has 5 rings (SSSR count). The number of ether oxygens (including phenoxy) is 1. The number of carbonyl (C=O) groups excluding carboxylic acids is 1. The van der Waals surface area contributed by atoms with Crippen LogP contribution in [-0.2, 0) is 9.53 Å². The van der Waals surface area contributed by atoms with E-state index in [0.29, 0.717) is 16.5 Å². The van der Waals surface area contributed by atoms with Crippen molar-refractivity contribution in [3.05, 3.63) is 70.4 Å². The minimum absolute atomic E-state index is 0.0145. The second-order valence-electron chi connectivity index (χ2n) is 8.05. The standard InChI is InChI=1S/C24H24ClN3O2/c1-15-21(23(29)30-16-9-3-2-4-10-16)22(17-11-5-6-12-18(17)25)28-20-14-8-7-13-19(20)27-24(28)26-15/h5-8,11-14,16,22H,2-4,9-10H2,1H3,(H,26,27)/t22-/m1/s1. The second kappa shape index (κ2) is 7.80. The van der Waals surface area contributed by atoms with E-state index in [-0.39, 0.29) is 12.1 Å². The molecule has 0 unspecified atom stereocenters. The Morgan fingerprint density at radius 1 is 1.10 bits per heavy atom. The highest BCUT2D eigenvalue weighted by atomic mass is 35.5. The lowest BCUT2D eigenvalue weighted by atomic mass is 9.94. The van der Waals surface area contributed by atoms with Crippen molar-refractivity contribution in [1.29, 1.82) is 0 Å². The van der Waals surface area contributed by atoms with Gasteiger partial charge in [-0.05, 0) is 56.4 Å². The highest BCUT2D eigenvalue weighted by Crippen LogP contribution is 2.42. The maximum absolute atomic E-state index is 13.4. The Hall–Kier alpha value is -2.79. The molecule has 0 saturated heterocycles. The lowest BCUT2D eigenvalue weighted by Gasteiger charge is -2.32. The summed E-state index contributed by atoms with van der Waals surface area (Å²) >= 11 is 6.62. The molecule has 1 atom stereocenters. The van der Waals surface area contributed by atoms with Crippen LogP contribution >= 0.6 is 11.6 Å². The number of hydrogen-bond acceptors (Lipinski definition) is 4. The van der Waals surface area contributed by atoms with E-state index in [1.807, 2.05) is 55.5 Å². The van der Waals surface area contributed by atoms with Crippen molar-refractivity contribution in [2.45, 2.75) is 51.2 Å². The average molecular weight is 422 g/mol. The van der Waals surface area contributed by atoms with Gasteiger partial charge in [-0.1, -0.05) is 48.4 Å². The SMILES string of the molecule is CC1=C(C(=O)OC2CCCCC2)[C@@H](c2ccccc2Cl)n2c(nc3ccccc32)N1. The number of fused-ring (bicyclic) bond motifs is 3. The number of halogens is 1. The van der Waals surface area contributed by atoms with Gasteiger partial charge >= 0.3 is 5.97 Å². The van der Waals surface area contributed by atoms with Crippen LogP contribution in [-0.4, -0.2) is 21.6 Å². The Kier molecular flexibility index (Phi) is 4.99. The van der Waals surface area contributed by atoms with Gasteiger partial charge in [-0.15, -0.1) is 0 Å². The van der Waals surface area contributed by atoms with E-state index in [2.05, 4.69) is 9.88 Å². The number of rotatable bonds is 3. The maximum atomic E-state index is 13.4. The normalized spacial score (nSPS) is 19.5. The zero-order valence-electron chi connectivity index (χ0n) is 16.9. The lowest BCUT2D eigenvalue weighted by Crippen LogP contribution is -2.31. The third kappa shape index (κ3) is 3.27. The molecule has 3 aromatic rings. The minimum Gasteiger partial charge on any atom is -0.459 e. The van der Waals surface area contributed by atoms with Gasteiger partial charge in [0.05, 0.1) is 22.6 Å². The van der Waals surface area contributed by atoms with Crippen LogP contribution in [0.2, 0.25) is 5.02 Å². The van der Waals surface area contributed by atoms with Crippen LogP contribution in [0.1, 0.15) is 50.6 Å². The van der Waals surface area contributed by atoms with E-state index in [1.165, 1.54) is 6.42 Å². The lowest BCUT2D eigenvalue weighted by molar-refractivity contribution is -0.146. The molecule has 1 saturated carbocycles. The van der Waals surface area contributed by atoms with E-state index < -0.39 is 6.04 Å². The molecule has 1 aromatic heterocycles. The number of aromatic nitrogens is 2. The predicted octanol–water partition coefficient (Wildman–Crippen LogP) is 5.85. The Morgan fingerprint density at radius 2 is 1.83 bits per heavy atom. The summed E-state index contributed by atoms with van der Waals surface area (Å²) < 4.78 is 8.04. The van der Waals surface area contributed by atoms with E-state index >= 15 is 0 Å². The molecule has 154 valence electrons. The number of benzene rings is 2. The molecule has 0 spiro atoms. The van der Waals surface area contributed by atoms with Crippen LogP contribution in [0.5, 0.6) is 0 Å². The number of esters is 1. The van der Waals surface area contributed by atoms with Crippen molar-refractivity contribution < 1.29 is 9.53 Å². The van der Waals surface area contributed by atoms with Crippen molar-refractivity contribution in [3.63, 3.8) is 0 Å². The van der Waals surface area contributed by atoms with Gasteiger partial charge in [-0.2, -0.15) is 0 Å². The molecule has 1 fully saturated rings. The second-order valence-corrected chi connectivity index (χ2v) is 8.45. The van der Waals surface area contributed by atoms with Crippen molar-refractivity contribution in [1.82, 2.24) is 9.55 Å². The zero-order chi connectivity index (χ0) is 20.7. The van der Waals surface area contributed by atoms with E-state index in [1.54, 1.807) is 0 Å². The molecule has 1 N–H and O–H groups in total. The molecular weight excluding hydrogens is 398 g/mol. The molecule has 0 radical (unpaired) electrons. The summed E-state index contributed by atoms with van der Waals surface area (Å²) in [7, 11) is 0. The smallest absolute Gasteiger partial charge is 0.338 e. The average Bonchev–Trinajstić information content (AvgIpc) is 3.11. The number of hydrogen-bond donors (Lipinski definition) is 1. The van der Waals surface area contributed by atoms with Gasteiger partial charge in [0.25, 0.3) is 0 Å². The number of carbonyl (C=O) groups is 1. The quantitative estimate of drug-likeness (QED) is 0.538. The monoisotopic (exact) mass is 421 g/mol. The van der Waals surface area contributed by atoms with Gasteiger partial charge in [0.15, 0.2) is 0 Å². The Morgan fingerprint density at radius 3 is 2.63 bits per heavy atom. The fourth-order valence-corrected chi connectivity index (χ4v) is 4.86. The van der Waals surface area contributed by atoms with E-state index in [9.17, 15) is 4.79 Å². The molecule has 2 aliphatic rings. The summed E-state index contributed by atoms with van der Waals surface area (Å²) in [5, 5.41) is 3.94. The van der Waals surface area contributed by atoms with Crippen LogP contribution in [0.4, 0.5) is 5.95 Å². The molecule has 1 aliphatic heterocycles. The van der Waals surface area contributed by atoms with Crippen LogP contribution in [0.25, 0.3) is 11.0 Å². The van der Waals surface area contributed by atoms with Gasteiger partial charge in [0, 0.05) is 10.7 Å². The fourth-order valence-electron chi connectivity index (χ4n) is 4.62. The summed E-state index contributed by atoms with van der Waals surface area (Å²) in [4.78, 5) is 18.2. The predicted molar refractivity (Wildman–Crippen MR) is 119 cm³/mol. The third-order valence-corrected chi connectivity index (χ3v) is 6.42. The highest BCUT2D eigenvalue weighted by Gasteiger charge is 2.36. The molecular formula is C24H24ClN3O2. The molecule has 30 heavy (non-hydrogen) atoms. The summed E-state index contributed by atoms with van der Waals surface area (Å²) in [6.45, 7) is 1.91. The first-order valence-electron chi connectivity index (χ1n) is 10.5. The number of imidazole rings is 1. The first-order valence-corrected chi connectivity index (χ1v) is 10.9. The number of allylic oxidation sites excluding steroid dienone is 1. The summed E-state index contributed by atoms with van der Waals surface area (Å²) in [6, 6.07) is 15.2. The van der Waals surface area contributed by atoms with E-state index in [0.717, 1.165) is 48.0 Å². The van der Waals surface area contributed by atoms with Crippen molar-refractivity contribution in [3.8, 4) is 0 Å². The van der Waals surface area contributed by atoms with Crippen LogP contribution in [0.15, 0.2) is 59.8 Å². The molecule has 2 aromatic carbocycles. The highest BCUT2D eigenvalue weighted by molar-refractivity contribution is 6.31. The largest absolute Gasteiger partial charge is 0.459 e. The Bertz CT molecular complexity index is 1140. The molecule has 0 amide bonds. The van der Waals surface area contributed by atoms with Gasteiger partial charge in [0.2, 0.25) is 5.95 Å². The first-order chi connectivity index (χ1) is 14.6. The van der Waals surface area contributed by atoms with Crippen molar-refractivity contribution in [2.24, 2.45) is 0 Å². The number of para-hydroxylation sites is 2. The van der Waals surface area contributed by atoms with E-state index in [4.69, 9.17) is 21.3 Å². The Balaban J connectivity index is 1.64. The molecule has 6 heteroatoms. The Labute approximate surface area is 180 Å². The van der Waals surface area contributed by atoms with Gasteiger partial charge in [-0.3, -0.25) is 4.57 Å². The minimum atomic E-state index is -0.404. The summed E-state index contributed by atoms with van der Waals surface area (Å²) in [5.41, 5.74) is 4.01. The molecule has 1 aliphatic carbocycles. The van der Waals surface area contributed by atoms with Crippen LogP contribution in [0.3, 0.4) is 0 Å². The first kappa shape index (κ1) is 19.2. The summed E-state index contributed by atoms with van der Waals surface area (Å²) in [5.74, 6) is 0.424. The van der Waals surface area contributed by atoms with Crippen molar-refractivity contribution >= 4 is 34.6 Å². The zero-order valence-corrected chi connectivity index (χ0v) is 17.7. The number of nitrogens with one attached hydrogen (secondary N) is 1. The summed E-state index contributed by atoms with van der Waals surface area (Å²) in [6.07, 6.45) is 5.28. The van der Waals surface area contributed by atoms with Crippen LogP contribution in [0, 0.1) is 0 Å². The number of nitrogens with zero attached hydrogens (tertiary/aromatic N) is 2. The topological polar surface area (TPSA) is 56.2 Å². The maximum Gasteiger partial charge on any atom is 0.338 e. The van der Waals surface area contributed by atoms with Crippen LogP contribution < -0.4 is 5.32 Å².